The highest BCUT2D eigenvalue weighted by molar-refractivity contribution is 14.1. The number of thiophene rings is 1. The van der Waals surface area contributed by atoms with Crippen LogP contribution >= 0.6 is 58.2 Å². The van der Waals surface area contributed by atoms with Crippen LogP contribution in [0.3, 0.4) is 0 Å². The van der Waals surface area contributed by atoms with Crippen molar-refractivity contribution in [2.75, 3.05) is 5.75 Å². The van der Waals surface area contributed by atoms with Crippen LogP contribution in [-0.4, -0.2) is 50.0 Å². The van der Waals surface area contributed by atoms with Gasteiger partial charge >= 0.3 is 0 Å². The number of amides is 3. The molecule has 9 nitrogen and oxygen atoms in total. The number of carbonyl (C=O) groups is 3. The fraction of sp³-hybridized carbons (Fsp3) is 0.435. The Labute approximate surface area is 245 Å². The first-order valence-corrected chi connectivity index (χ1v) is 15.7. The van der Waals surface area contributed by atoms with Crippen molar-refractivity contribution in [1.82, 2.24) is 15.4 Å². The van der Waals surface area contributed by atoms with Gasteiger partial charge in [0, 0.05) is 15.7 Å². The first-order chi connectivity index (χ1) is 17.3. The van der Waals surface area contributed by atoms with E-state index in [4.69, 9.17) is 17.3 Å². The minimum absolute atomic E-state index is 0.0221. The Hall–Kier alpha value is -1.39. The van der Waals surface area contributed by atoms with Crippen LogP contribution in [0.25, 0.3) is 0 Å². The Morgan fingerprint density at radius 3 is 2.11 bits per heavy atom. The molecule has 0 saturated carbocycles. The second-order valence-electron chi connectivity index (χ2n) is 8.74. The Morgan fingerprint density at radius 1 is 1.00 bits per heavy atom. The van der Waals surface area contributed by atoms with Gasteiger partial charge in [0.25, 0.3) is 10.0 Å². The van der Waals surface area contributed by atoms with Crippen LogP contribution in [0.2, 0.25) is 4.34 Å². The van der Waals surface area contributed by atoms with Gasteiger partial charge in [-0.3, -0.25) is 14.4 Å². The molecule has 3 atom stereocenters. The summed E-state index contributed by atoms with van der Waals surface area (Å²) in [5, 5.41) is 5.18. The summed E-state index contributed by atoms with van der Waals surface area (Å²) in [4.78, 5) is 38.1. The zero-order valence-electron chi connectivity index (χ0n) is 20.2. The van der Waals surface area contributed by atoms with E-state index in [1.165, 1.54) is 12.1 Å². The second kappa shape index (κ2) is 14.7. The smallest absolute Gasteiger partial charge is 0.250 e. The SMILES string of the molecule is CC(C)CC[C@H](NS(=O)(=O)c1ccc(Cl)s1)C(=O)N[C@@H](Cc1ccc(I)cc1)C(=O)N[C@@H](CS)C(N)=O. The molecule has 2 rings (SSSR count). The molecule has 0 bridgehead atoms. The van der Waals surface area contributed by atoms with Gasteiger partial charge in [-0.05, 0) is 71.2 Å². The number of carbonyl (C=O) groups excluding carboxylic acids is 3. The van der Waals surface area contributed by atoms with Crippen molar-refractivity contribution >= 4 is 85.9 Å². The number of sulfonamides is 1. The molecule has 5 N–H and O–H groups in total. The summed E-state index contributed by atoms with van der Waals surface area (Å²) >= 11 is 13.0. The number of thiol groups is 1. The zero-order valence-corrected chi connectivity index (χ0v) is 25.7. The summed E-state index contributed by atoms with van der Waals surface area (Å²) in [7, 11) is -4.03. The van der Waals surface area contributed by atoms with Crippen LogP contribution in [0.4, 0.5) is 0 Å². The van der Waals surface area contributed by atoms with Crippen molar-refractivity contribution in [1.29, 1.82) is 0 Å². The standard InChI is InChI=1S/C23H30ClIN4O5S3/c1-13(2)3-8-16(29-37(33,34)20-10-9-19(24)36-20)22(31)27-17(11-14-4-6-15(25)7-5-14)23(32)28-18(12-35)21(26)30/h4-7,9-10,13,16-18,29,35H,3,8,11-12H2,1-2H3,(H2,26,30)(H,27,31)(H,28,32)/t16-,17-,18-/m0/s1. The van der Waals surface area contributed by atoms with Crippen LogP contribution < -0.4 is 21.1 Å². The highest BCUT2D eigenvalue weighted by Gasteiger charge is 2.31. The lowest BCUT2D eigenvalue weighted by molar-refractivity contribution is -0.131. The molecule has 2 aromatic rings. The van der Waals surface area contributed by atoms with Crippen molar-refractivity contribution in [2.45, 2.75) is 55.4 Å². The Balaban J connectivity index is 2.30. The topological polar surface area (TPSA) is 147 Å². The maximum absolute atomic E-state index is 13.4. The maximum atomic E-state index is 13.4. The van der Waals surface area contributed by atoms with Crippen molar-refractivity contribution in [3.8, 4) is 0 Å². The first kappa shape index (κ1) is 31.8. The number of rotatable bonds is 14. The molecule has 1 aromatic heterocycles. The molecule has 0 aliphatic carbocycles. The number of halogens is 2. The molecule has 1 aromatic carbocycles. The average molecular weight is 701 g/mol. The molecule has 14 heteroatoms. The number of nitrogens with two attached hydrogens (primary N) is 1. The van der Waals surface area contributed by atoms with Crippen LogP contribution in [0.1, 0.15) is 32.3 Å². The average Bonchev–Trinajstić information content (AvgIpc) is 3.27. The van der Waals surface area contributed by atoms with Gasteiger partial charge in [-0.1, -0.05) is 37.6 Å². The first-order valence-electron chi connectivity index (χ1n) is 11.4. The molecule has 0 aliphatic heterocycles. The van der Waals surface area contributed by atoms with Gasteiger partial charge in [0.1, 0.15) is 22.3 Å². The predicted molar refractivity (Wildman–Crippen MR) is 157 cm³/mol. The van der Waals surface area contributed by atoms with Gasteiger partial charge < -0.3 is 16.4 Å². The fourth-order valence-corrected chi connectivity index (χ4v) is 6.61. The van der Waals surface area contributed by atoms with E-state index in [2.05, 4.69) is 50.6 Å². The number of hydrogen-bond donors (Lipinski definition) is 5. The minimum Gasteiger partial charge on any atom is -0.368 e. The van der Waals surface area contributed by atoms with Gasteiger partial charge in [0.05, 0.1) is 4.34 Å². The quantitative estimate of drug-likeness (QED) is 0.152. The molecule has 0 spiro atoms. The Morgan fingerprint density at radius 2 is 1.59 bits per heavy atom. The molecule has 0 fully saturated rings. The molecule has 204 valence electrons. The molecule has 0 radical (unpaired) electrons. The summed E-state index contributed by atoms with van der Waals surface area (Å²) < 4.78 is 29.6. The summed E-state index contributed by atoms with van der Waals surface area (Å²) in [5.74, 6) is -1.89. The maximum Gasteiger partial charge on any atom is 0.250 e. The molecule has 0 unspecified atom stereocenters. The van der Waals surface area contributed by atoms with E-state index in [9.17, 15) is 22.8 Å². The van der Waals surface area contributed by atoms with E-state index in [1.54, 1.807) is 0 Å². The molecular formula is C23H30ClIN4O5S3. The van der Waals surface area contributed by atoms with Crippen LogP contribution in [0, 0.1) is 9.49 Å². The van der Waals surface area contributed by atoms with Crippen molar-refractivity contribution in [3.05, 3.63) is 49.9 Å². The third-order valence-electron chi connectivity index (χ3n) is 5.29. The van der Waals surface area contributed by atoms with E-state index in [0.717, 1.165) is 20.5 Å². The number of benzene rings is 1. The van der Waals surface area contributed by atoms with Gasteiger partial charge in [-0.2, -0.15) is 17.4 Å². The highest BCUT2D eigenvalue weighted by atomic mass is 127. The van der Waals surface area contributed by atoms with Crippen LogP contribution in [0.5, 0.6) is 0 Å². The van der Waals surface area contributed by atoms with Gasteiger partial charge in [0.2, 0.25) is 17.7 Å². The van der Waals surface area contributed by atoms with Gasteiger partial charge in [-0.15, -0.1) is 11.3 Å². The van der Waals surface area contributed by atoms with Crippen molar-refractivity contribution in [3.63, 3.8) is 0 Å². The monoisotopic (exact) mass is 700 g/mol. The molecule has 3 amide bonds. The molecule has 37 heavy (non-hydrogen) atoms. The largest absolute Gasteiger partial charge is 0.368 e. The summed E-state index contributed by atoms with van der Waals surface area (Å²) in [6.45, 7) is 3.91. The fourth-order valence-electron chi connectivity index (χ4n) is 3.25. The van der Waals surface area contributed by atoms with E-state index >= 15 is 0 Å². The zero-order chi connectivity index (χ0) is 27.8. The Bertz CT molecular complexity index is 1190. The predicted octanol–water partition coefficient (Wildman–Crippen LogP) is 2.72. The summed E-state index contributed by atoms with van der Waals surface area (Å²) in [6.07, 6.45) is 0.875. The lowest BCUT2D eigenvalue weighted by atomic mass is 10.0. The number of nitrogens with one attached hydrogen (secondary N) is 3. The molecule has 0 aliphatic rings. The van der Waals surface area contributed by atoms with Crippen molar-refractivity contribution < 1.29 is 22.8 Å². The van der Waals surface area contributed by atoms with Crippen molar-refractivity contribution in [2.24, 2.45) is 11.7 Å². The lowest BCUT2D eigenvalue weighted by Gasteiger charge is -2.25. The highest BCUT2D eigenvalue weighted by Crippen LogP contribution is 2.26. The third-order valence-corrected chi connectivity index (χ3v) is 9.57. The number of primary amides is 1. The van der Waals surface area contributed by atoms with Gasteiger partial charge in [0.15, 0.2) is 0 Å². The van der Waals surface area contributed by atoms with Crippen LogP contribution in [-0.2, 0) is 30.8 Å². The van der Waals surface area contributed by atoms with E-state index in [-0.39, 0.29) is 28.7 Å². The second-order valence-corrected chi connectivity index (χ2v) is 14.0. The lowest BCUT2D eigenvalue weighted by Crippen LogP contribution is -2.57. The molecule has 0 saturated heterocycles. The Kier molecular flexibility index (Phi) is 12.6. The van der Waals surface area contributed by atoms with Gasteiger partial charge in [-0.25, -0.2) is 8.42 Å². The molecular weight excluding hydrogens is 671 g/mol. The normalized spacial score (nSPS) is 14.1. The summed E-state index contributed by atoms with van der Waals surface area (Å²) in [5.41, 5.74) is 6.09. The third kappa shape index (κ3) is 10.4. The number of hydrogen-bond acceptors (Lipinski definition) is 7. The van der Waals surface area contributed by atoms with Crippen LogP contribution in [0.15, 0.2) is 40.6 Å². The van der Waals surface area contributed by atoms with E-state index < -0.39 is 45.9 Å². The minimum atomic E-state index is -4.03. The van der Waals surface area contributed by atoms with E-state index in [0.29, 0.717) is 10.8 Å². The molecule has 1 heterocycles. The summed E-state index contributed by atoms with van der Waals surface area (Å²) in [6, 6.07) is 6.90. The van der Waals surface area contributed by atoms with E-state index in [1.807, 2.05) is 38.1 Å².